The molecule has 0 bridgehead atoms. The van der Waals surface area contributed by atoms with E-state index in [1.807, 2.05) is 12.1 Å². The van der Waals surface area contributed by atoms with Gasteiger partial charge in [-0.3, -0.25) is 0 Å². The van der Waals surface area contributed by atoms with Gasteiger partial charge in [0.1, 0.15) is 5.75 Å². The van der Waals surface area contributed by atoms with Gasteiger partial charge in [0.15, 0.2) is 0 Å². The molecule has 1 aliphatic heterocycles. The van der Waals surface area contributed by atoms with Gasteiger partial charge >= 0.3 is 0 Å². The van der Waals surface area contributed by atoms with Gasteiger partial charge < -0.3 is 14.6 Å². The van der Waals surface area contributed by atoms with Gasteiger partial charge in [-0.2, -0.15) is 0 Å². The largest absolute Gasteiger partial charge is 0.508 e. The summed E-state index contributed by atoms with van der Waals surface area (Å²) in [6.45, 7) is 3.19. The quantitative estimate of drug-likeness (QED) is 0.715. The van der Waals surface area contributed by atoms with Crippen molar-refractivity contribution in [3.63, 3.8) is 0 Å². The minimum Gasteiger partial charge on any atom is -0.508 e. The average Bonchev–Trinajstić information content (AvgIpc) is 3.19. The lowest BCUT2D eigenvalue weighted by molar-refractivity contribution is 0.297. The number of hydrogen-bond donors (Lipinski definition) is 2. The number of likely N-dealkylation sites (tertiary alicyclic amines) is 1. The fourth-order valence-electron chi connectivity index (χ4n) is 4.91. The molecule has 4 heteroatoms. The maximum Gasteiger partial charge on any atom is 0.115 e. The molecule has 4 atom stereocenters. The van der Waals surface area contributed by atoms with Crippen LogP contribution >= 0.6 is 12.0 Å². The monoisotopic (exact) mass is 369 g/mol. The van der Waals surface area contributed by atoms with E-state index in [1.54, 1.807) is 12.1 Å². The molecule has 1 saturated carbocycles. The predicted molar refractivity (Wildman–Crippen MR) is 107 cm³/mol. The van der Waals surface area contributed by atoms with E-state index in [9.17, 15) is 9.66 Å². The Bertz CT molecular complexity index is 692. The van der Waals surface area contributed by atoms with E-state index in [-0.39, 0.29) is 11.0 Å². The summed E-state index contributed by atoms with van der Waals surface area (Å²) >= 11 is 0.923. The van der Waals surface area contributed by atoms with Crippen LogP contribution in [0, 0.1) is 17.8 Å². The van der Waals surface area contributed by atoms with E-state index in [4.69, 9.17) is 0 Å². The summed E-state index contributed by atoms with van der Waals surface area (Å²) in [5.41, 5.74) is 2.55. The number of hydrogen-bond acceptors (Lipinski definition) is 4. The molecule has 0 radical (unpaired) electrons. The van der Waals surface area contributed by atoms with E-state index < -0.39 is 0 Å². The maximum atomic E-state index is 9.75. The van der Waals surface area contributed by atoms with Crippen LogP contribution in [-0.4, -0.2) is 34.2 Å². The van der Waals surface area contributed by atoms with Crippen LogP contribution in [0.15, 0.2) is 54.6 Å². The summed E-state index contributed by atoms with van der Waals surface area (Å²) in [6, 6.07) is 18.1. The van der Waals surface area contributed by atoms with Crippen molar-refractivity contribution in [3.05, 3.63) is 65.7 Å². The lowest BCUT2D eigenvalue weighted by Crippen LogP contribution is -2.27. The Kier molecular flexibility index (Phi) is 5.53. The highest BCUT2D eigenvalue weighted by Crippen LogP contribution is 2.43. The zero-order valence-electron chi connectivity index (χ0n) is 15.0. The number of nitrogens with zero attached hydrogens (tertiary/aromatic N) is 1. The normalized spacial score (nSPS) is 26.7. The zero-order valence-corrected chi connectivity index (χ0v) is 15.8. The van der Waals surface area contributed by atoms with E-state index >= 15 is 0 Å². The molecule has 2 aromatic rings. The Morgan fingerprint density at radius 3 is 2.23 bits per heavy atom. The van der Waals surface area contributed by atoms with Crippen LogP contribution in [0.2, 0.25) is 0 Å². The van der Waals surface area contributed by atoms with Crippen molar-refractivity contribution in [1.82, 2.24) is 4.90 Å². The molecule has 1 saturated heterocycles. The van der Waals surface area contributed by atoms with Crippen LogP contribution in [0.4, 0.5) is 0 Å². The van der Waals surface area contributed by atoms with Crippen molar-refractivity contribution in [2.24, 2.45) is 17.8 Å². The summed E-state index contributed by atoms with van der Waals surface area (Å²) in [7, 11) is 0. The van der Waals surface area contributed by atoms with Crippen LogP contribution in [0.3, 0.4) is 0 Å². The molecular formula is C22H27NO2S. The Morgan fingerprint density at radius 2 is 1.62 bits per heavy atom. The molecule has 2 aliphatic rings. The first kappa shape index (κ1) is 17.9. The smallest absolute Gasteiger partial charge is 0.115 e. The fraction of sp³-hybridized carbons (Fsp3) is 0.455. The SMILES string of the molecule is OSC(CN1C[C@H]2CC(Cc3ccccc3)C[C@H]2C1)c1ccc(O)cc1. The number of phenols is 1. The molecule has 3 nitrogen and oxygen atoms in total. The van der Waals surface area contributed by atoms with Crippen molar-refractivity contribution in [1.29, 1.82) is 0 Å². The van der Waals surface area contributed by atoms with Gasteiger partial charge in [0.05, 0.1) is 5.25 Å². The van der Waals surface area contributed by atoms with Crippen molar-refractivity contribution >= 4 is 12.0 Å². The zero-order chi connectivity index (χ0) is 17.9. The minimum atomic E-state index is 0.0505. The molecular weight excluding hydrogens is 342 g/mol. The lowest BCUT2D eigenvalue weighted by atomic mass is 9.96. The summed E-state index contributed by atoms with van der Waals surface area (Å²) in [6.07, 6.45) is 3.90. The van der Waals surface area contributed by atoms with Crippen molar-refractivity contribution in [2.45, 2.75) is 24.5 Å². The molecule has 2 aromatic carbocycles. The molecule has 138 valence electrons. The molecule has 4 rings (SSSR count). The first-order valence-corrected chi connectivity index (χ1v) is 10.4. The van der Waals surface area contributed by atoms with Crippen LogP contribution in [0.25, 0.3) is 0 Å². The van der Waals surface area contributed by atoms with Crippen molar-refractivity contribution in [3.8, 4) is 5.75 Å². The van der Waals surface area contributed by atoms with Crippen LogP contribution in [0.5, 0.6) is 5.75 Å². The number of phenolic OH excluding ortho intramolecular Hbond substituents is 1. The van der Waals surface area contributed by atoms with Gasteiger partial charge in [0, 0.05) is 19.6 Å². The second kappa shape index (κ2) is 8.03. The molecule has 26 heavy (non-hydrogen) atoms. The van der Waals surface area contributed by atoms with Gasteiger partial charge in [-0.05, 0) is 72.3 Å². The number of benzene rings is 2. The Hall–Kier alpha value is -1.49. The average molecular weight is 370 g/mol. The summed E-state index contributed by atoms with van der Waals surface area (Å²) in [5, 5.41) is 9.51. The highest BCUT2D eigenvalue weighted by Gasteiger charge is 2.41. The minimum absolute atomic E-state index is 0.0505. The maximum absolute atomic E-state index is 9.75. The molecule has 1 aliphatic carbocycles. The third kappa shape index (κ3) is 4.08. The molecule has 0 spiro atoms. The number of fused-ring (bicyclic) bond motifs is 1. The first-order chi connectivity index (χ1) is 12.7. The summed E-state index contributed by atoms with van der Waals surface area (Å²) in [4.78, 5) is 2.52. The third-order valence-corrected chi connectivity index (χ3v) is 6.78. The van der Waals surface area contributed by atoms with E-state index in [1.165, 1.54) is 24.8 Å². The summed E-state index contributed by atoms with van der Waals surface area (Å²) < 4.78 is 9.75. The van der Waals surface area contributed by atoms with E-state index in [0.29, 0.717) is 0 Å². The van der Waals surface area contributed by atoms with Gasteiger partial charge in [-0.25, -0.2) is 0 Å². The fourth-order valence-corrected chi connectivity index (χ4v) is 5.47. The molecule has 2 N–H and O–H groups in total. The second-order valence-corrected chi connectivity index (χ2v) is 8.73. The van der Waals surface area contributed by atoms with Crippen molar-refractivity contribution in [2.75, 3.05) is 19.6 Å². The topological polar surface area (TPSA) is 43.7 Å². The molecule has 0 aromatic heterocycles. The van der Waals surface area contributed by atoms with Crippen LogP contribution < -0.4 is 0 Å². The number of rotatable bonds is 6. The highest BCUT2D eigenvalue weighted by atomic mass is 32.2. The second-order valence-electron chi connectivity index (χ2n) is 7.95. The highest BCUT2D eigenvalue weighted by molar-refractivity contribution is 7.94. The molecule has 2 fully saturated rings. The number of aromatic hydroxyl groups is 1. The standard InChI is InChI=1S/C22H27NO2S/c24-21-8-6-18(7-9-21)22(26-25)15-23-13-19-11-17(12-20(19)14-23)10-16-4-2-1-3-5-16/h1-9,17,19-20,22,24-25H,10-15H2/t17?,19-,20+,22?. The Morgan fingerprint density at radius 1 is 0.962 bits per heavy atom. The van der Waals surface area contributed by atoms with Crippen LogP contribution in [0.1, 0.15) is 29.2 Å². The predicted octanol–water partition coefficient (Wildman–Crippen LogP) is 4.84. The van der Waals surface area contributed by atoms with Gasteiger partial charge in [0.2, 0.25) is 0 Å². The summed E-state index contributed by atoms with van der Waals surface area (Å²) in [5.74, 6) is 2.73. The third-order valence-electron chi connectivity index (χ3n) is 6.11. The Balaban J connectivity index is 1.30. The Labute approximate surface area is 160 Å². The first-order valence-electron chi connectivity index (χ1n) is 9.56. The molecule has 1 heterocycles. The van der Waals surface area contributed by atoms with Gasteiger partial charge in [-0.1, -0.05) is 42.5 Å². The molecule has 0 amide bonds. The van der Waals surface area contributed by atoms with E-state index in [2.05, 4.69) is 35.2 Å². The van der Waals surface area contributed by atoms with Crippen LogP contribution in [-0.2, 0) is 6.42 Å². The molecule has 2 unspecified atom stereocenters. The van der Waals surface area contributed by atoms with Gasteiger partial charge in [0.25, 0.3) is 0 Å². The lowest BCUT2D eigenvalue weighted by Gasteiger charge is -2.23. The van der Waals surface area contributed by atoms with Gasteiger partial charge in [-0.15, -0.1) is 0 Å². The van der Waals surface area contributed by atoms with Crippen molar-refractivity contribution < 1.29 is 9.66 Å². The van der Waals surface area contributed by atoms with E-state index in [0.717, 1.165) is 55.0 Å².